The highest BCUT2D eigenvalue weighted by Crippen LogP contribution is 2.24. The highest BCUT2D eigenvalue weighted by atomic mass is 32.1. The first-order chi connectivity index (χ1) is 12.2. The molecule has 2 bridgehead atoms. The number of quaternary nitrogens is 1. The van der Waals surface area contributed by atoms with E-state index in [-0.39, 0.29) is 0 Å². The molecule has 5 heteroatoms. The minimum Gasteiger partial charge on any atom is -0.463 e. The van der Waals surface area contributed by atoms with Crippen molar-refractivity contribution in [3.63, 3.8) is 0 Å². The van der Waals surface area contributed by atoms with E-state index in [1.165, 1.54) is 31.2 Å². The average Bonchev–Trinajstić information content (AvgIpc) is 3.15. The van der Waals surface area contributed by atoms with Gasteiger partial charge in [-0.25, -0.2) is 0 Å². The Labute approximate surface area is 154 Å². The van der Waals surface area contributed by atoms with Crippen LogP contribution < -0.4 is 15.5 Å². The topological polar surface area (TPSA) is 41.6 Å². The summed E-state index contributed by atoms with van der Waals surface area (Å²) in [7, 11) is 0. The maximum atomic E-state index is 5.56. The van der Waals surface area contributed by atoms with Crippen LogP contribution in [-0.4, -0.2) is 23.2 Å². The second kappa shape index (κ2) is 7.18. The molecule has 2 aliphatic rings. The first-order valence-electron chi connectivity index (χ1n) is 9.19. The third kappa shape index (κ3) is 3.88. The summed E-state index contributed by atoms with van der Waals surface area (Å²) in [6, 6.07) is 14.3. The third-order valence-electron chi connectivity index (χ3n) is 5.62. The van der Waals surface area contributed by atoms with E-state index < -0.39 is 0 Å². The molecule has 0 unspecified atom stereocenters. The van der Waals surface area contributed by atoms with Crippen molar-refractivity contribution in [2.45, 2.75) is 57.3 Å². The standard InChI is InChI=1S/C20H25N3OS/c1-14-4-2-5-15(10-14)21-20(25)22-16-11-17-7-8-18(12-16)23(17)13-19-6-3-9-24-19/h2-6,9-10,16-18H,7-8,11-13H2,1H3,(H2,21,22,25)/p+1/t17-,18-/m1/s1. The number of thiocarbonyl (C=S) groups is 1. The molecule has 25 heavy (non-hydrogen) atoms. The van der Waals surface area contributed by atoms with Gasteiger partial charge in [0.2, 0.25) is 0 Å². The lowest BCUT2D eigenvalue weighted by atomic mass is 9.97. The van der Waals surface area contributed by atoms with Gasteiger partial charge < -0.3 is 20.0 Å². The second-order valence-electron chi connectivity index (χ2n) is 7.44. The van der Waals surface area contributed by atoms with Crippen LogP contribution in [-0.2, 0) is 6.54 Å². The molecule has 132 valence electrons. The molecule has 4 nitrogen and oxygen atoms in total. The molecule has 3 heterocycles. The third-order valence-corrected chi connectivity index (χ3v) is 5.84. The zero-order valence-corrected chi connectivity index (χ0v) is 15.4. The summed E-state index contributed by atoms with van der Waals surface area (Å²) in [5.74, 6) is 1.11. The lowest BCUT2D eigenvalue weighted by molar-refractivity contribution is -0.955. The molecule has 0 aliphatic carbocycles. The van der Waals surface area contributed by atoms with Gasteiger partial charge in [0.1, 0.15) is 6.54 Å². The molecule has 2 saturated heterocycles. The molecule has 0 spiro atoms. The van der Waals surface area contributed by atoms with Crippen molar-refractivity contribution in [3.05, 3.63) is 54.0 Å². The maximum absolute atomic E-state index is 5.56. The molecule has 0 amide bonds. The molecule has 1 aromatic heterocycles. The van der Waals surface area contributed by atoms with Gasteiger partial charge in [-0.05, 0) is 49.0 Å². The summed E-state index contributed by atoms with van der Waals surface area (Å²) < 4.78 is 5.56. The van der Waals surface area contributed by atoms with E-state index in [0.717, 1.165) is 23.1 Å². The van der Waals surface area contributed by atoms with Gasteiger partial charge in [-0.1, -0.05) is 12.1 Å². The zero-order valence-electron chi connectivity index (χ0n) is 14.6. The first-order valence-corrected chi connectivity index (χ1v) is 9.60. The van der Waals surface area contributed by atoms with Crippen LogP contribution in [0.2, 0.25) is 0 Å². The number of furan rings is 1. The van der Waals surface area contributed by atoms with Crippen molar-refractivity contribution in [1.82, 2.24) is 5.32 Å². The number of piperidine rings is 1. The lowest BCUT2D eigenvalue weighted by Crippen LogP contribution is -3.17. The molecule has 3 N–H and O–H groups in total. The van der Waals surface area contributed by atoms with Gasteiger partial charge >= 0.3 is 0 Å². The van der Waals surface area contributed by atoms with Crippen LogP contribution in [0.15, 0.2) is 47.1 Å². The normalized spacial score (nSPS) is 27.9. The van der Waals surface area contributed by atoms with E-state index in [2.05, 4.69) is 47.9 Å². The maximum Gasteiger partial charge on any atom is 0.171 e. The number of rotatable bonds is 4. The fraction of sp³-hybridized carbons (Fsp3) is 0.450. The Hall–Kier alpha value is -1.85. The lowest BCUT2D eigenvalue weighted by Gasteiger charge is -2.36. The summed E-state index contributed by atoms with van der Waals surface area (Å²) in [6.45, 7) is 3.11. The molecule has 4 rings (SSSR count). The van der Waals surface area contributed by atoms with Crippen LogP contribution in [0.4, 0.5) is 5.69 Å². The SMILES string of the molecule is Cc1cccc(NC(=S)NC2C[C@H]3CC[C@H](C2)[NH+]3Cc2ccco2)c1. The summed E-state index contributed by atoms with van der Waals surface area (Å²) >= 11 is 5.54. The van der Waals surface area contributed by atoms with Crippen molar-refractivity contribution < 1.29 is 9.32 Å². The smallest absolute Gasteiger partial charge is 0.171 e. The number of nitrogens with one attached hydrogen (secondary N) is 3. The molecule has 2 fully saturated rings. The van der Waals surface area contributed by atoms with Crippen LogP contribution in [0.25, 0.3) is 0 Å². The van der Waals surface area contributed by atoms with Gasteiger partial charge in [0.05, 0.1) is 18.3 Å². The summed E-state index contributed by atoms with van der Waals surface area (Å²) in [4.78, 5) is 1.70. The number of fused-ring (bicyclic) bond motifs is 2. The second-order valence-corrected chi connectivity index (χ2v) is 7.85. The van der Waals surface area contributed by atoms with Crippen LogP contribution in [0.1, 0.15) is 37.0 Å². The summed E-state index contributed by atoms with van der Waals surface area (Å²) in [6.07, 6.45) is 6.78. The Morgan fingerprint density at radius 2 is 2.00 bits per heavy atom. The first kappa shape index (κ1) is 16.6. The van der Waals surface area contributed by atoms with Crippen LogP contribution >= 0.6 is 12.2 Å². The minimum atomic E-state index is 0.475. The van der Waals surface area contributed by atoms with Crippen LogP contribution in [0.3, 0.4) is 0 Å². The van der Waals surface area contributed by atoms with Gasteiger partial charge in [0.25, 0.3) is 0 Å². The van der Waals surface area contributed by atoms with Crippen LogP contribution in [0, 0.1) is 6.92 Å². The Balaban J connectivity index is 1.32. The molecule has 0 saturated carbocycles. The van der Waals surface area contributed by atoms with E-state index in [1.807, 2.05) is 6.07 Å². The molecule has 2 atom stereocenters. The van der Waals surface area contributed by atoms with Crippen molar-refractivity contribution in [3.8, 4) is 0 Å². The van der Waals surface area contributed by atoms with Crippen LogP contribution in [0.5, 0.6) is 0 Å². The molecule has 0 radical (unpaired) electrons. The molecule has 1 aromatic carbocycles. The molecular formula is C20H26N3OS+. The minimum absolute atomic E-state index is 0.475. The van der Waals surface area contributed by atoms with E-state index in [4.69, 9.17) is 16.6 Å². The van der Waals surface area contributed by atoms with Gasteiger partial charge in [-0.2, -0.15) is 0 Å². The molecule has 2 aromatic rings. The van der Waals surface area contributed by atoms with E-state index in [9.17, 15) is 0 Å². The summed E-state index contributed by atoms with van der Waals surface area (Å²) in [5.41, 5.74) is 2.29. The van der Waals surface area contributed by atoms with Crippen molar-refractivity contribution in [2.24, 2.45) is 0 Å². The Bertz CT molecular complexity index is 716. The number of hydrogen-bond acceptors (Lipinski definition) is 2. The molecule has 2 aliphatic heterocycles. The Morgan fingerprint density at radius 3 is 2.68 bits per heavy atom. The fourth-order valence-electron chi connectivity index (χ4n) is 4.52. The Kier molecular flexibility index (Phi) is 4.77. The quantitative estimate of drug-likeness (QED) is 0.737. The van der Waals surface area contributed by atoms with E-state index in [0.29, 0.717) is 18.1 Å². The van der Waals surface area contributed by atoms with Gasteiger partial charge in [0, 0.05) is 37.4 Å². The predicted octanol–water partition coefficient (Wildman–Crippen LogP) is 2.65. The largest absolute Gasteiger partial charge is 0.463 e. The fourth-order valence-corrected chi connectivity index (χ4v) is 4.81. The monoisotopic (exact) mass is 356 g/mol. The number of benzene rings is 1. The van der Waals surface area contributed by atoms with Crippen molar-refractivity contribution >= 4 is 23.0 Å². The predicted molar refractivity (Wildman–Crippen MR) is 104 cm³/mol. The van der Waals surface area contributed by atoms with Gasteiger partial charge in [-0.15, -0.1) is 0 Å². The number of hydrogen-bond donors (Lipinski definition) is 3. The van der Waals surface area contributed by atoms with E-state index >= 15 is 0 Å². The zero-order chi connectivity index (χ0) is 17.2. The molecular weight excluding hydrogens is 330 g/mol. The van der Waals surface area contributed by atoms with Crippen molar-refractivity contribution in [2.75, 3.05) is 5.32 Å². The van der Waals surface area contributed by atoms with Gasteiger partial charge in [0.15, 0.2) is 10.9 Å². The van der Waals surface area contributed by atoms with Gasteiger partial charge in [-0.3, -0.25) is 0 Å². The highest BCUT2D eigenvalue weighted by molar-refractivity contribution is 7.80. The average molecular weight is 357 g/mol. The van der Waals surface area contributed by atoms with Crippen molar-refractivity contribution in [1.29, 1.82) is 0 Å². The number of aryl methyl sites for hydroxylation is 1. The highest BCUT2D eigenvalue weighted by Gasteiger charge is 2.44. The van der Waals surface area contributed by atoms with E-state index in [1.54, 1.807) is 11.2 Å². The number of anilines is 1. The summed E-state index contributed by atoms with van der Waals surface area (Å²) in [5, 5.41) is 7.62. The Morgan fingerprint density at radius 1 is 1.20 bits per heavy atom.